The van der Waals surface area contributed by atoms with Crippen LogP contribution in [0.25, 0.3) is 0 Å². The van der Waals surface area contributed by atoms with Crippen LogP contribution in [-0.4, -0.2) is 33.0 Å². The number of amides is 2. The fraction of sp³-hybridized carbons (Fsp3) is 0.500. The molecule has 2 heterocycles. The molecule has 6 heteroatoms. The van der Waals surface area contributed by atoms with E-state index in [4.69, 9.17) is 0 Å². The molecule has 3 rings (SSSR count). The molecule has 6 nitrogen and oxygen atoms in total. The maximum atomic E-state index is 12.8. The standard InChI is InChI=1S/C22H30N4O2/c1-5-17(6-2)22(28)26-11-10-19-18(14-26)20(24-25(19)4)21(27)23-13-16-9-7-8-15(3)12-16/h7-9,12,17H,5-6,10-11,13-14H2,1-4H3,(H,23,27). The van der Waals surface area contributed by atoms with Crippen LogP contribution < -0.4 is 5.32 Å². The fourth-order valence-electron chi connectivity index (χ4n) is 3.95. The van der Waals surface area contributed by atoms with E-state index in [0.717, 1.165) is 41.6 Å². The molecule has 0 unspecified atom stereocenters. The normalized spacial score (nSPS) is 13.5. The van der Waals surface area contributed by atoms with Crippen LogP contribution >= 0.6 is 0 Å². The minimum absolute atomic E-state index is 0.0526. The van der Waals surface area contributed by atoms with Gasteiger partial charge in [0.05, 0.1) is 0 Å². The molecule has 1 aromatic carbocycles. The molecule has 2 aromatic rings. The number of aromatic nitrogens is 2. The van der Waals surface area contributed by atoms with E-state index in [2.05, 4.69) is 30.3 Å². The predicted molar refractivity (Wildman–Crippen MR) is 109 cm³/mol. The SMILES string of the molecule is CCC(CC)C(=O)N1CCc2c(c(C(=O)NCc3cccc(C)c3)nn2C)C1. The molecular formula is C22H30N4O2. The summed E-state index contributed by atoms with van der Waals surface area (Å²) in [5.41, 5.74) is 4.59. The van der Waals surface area contributed by atoms with E-state index in [-0.39, 0.29) is 17.7 Å². The first kappa shape index (κ1) is 20.1. The van der Waals surface area contributed by atoms with Gasteiger partial charge in [0.2, 0.25) is 5.91 Å². The summed E-state index contributed by atoms with van der Waals surface area (Å²) >= 11 is 0. The predicted octanol–water partition coefficient (Wildman–Crippen LogP) is 2.98. The summed E-state index contributed by atoms with van der Waals surface area (Å²) in [7, 11) is 1.87. The van der Waals surface area contributed by atoms with Crippen LogP contribution in [0.15, 0.2) is 24.3 Å². The molecule has 0 fully saturated rings. The van der Waals surface area contributed by atoms with E-state index in [1.807, 2.05) is 37.1 Å². The number of aryl methyl sites for hydroxylation is 2. The summed E-state index contributed by atoms with van der Waals surface area (Å²) in [4.78, 5) is 27.5. The van der Waals surface area contributed by atoms with Gasteiger partial charge in [-0.25, -0.2) is 0 Å². The fourth-order valence-corrected chi connectivity index (χ4v) is 3.95. The Hall–Kier alpha value is -2.63. The molecule has 0 aliphatic carbocycles. The third kappa shape index (κ3) is 4.11. The number of benzene rings is 1. The first-order chi connectivity index (χ1) is 13.4. The number of nitrogens with zero attached hydrogens (tertiary/aromatic N) is 3. The van der Waals surface area contributed by atoms with Crippen LogP contribution in [0.4, 0.5) is 0 Å². The van der Waals surface area contributed by atoms with Crippen molar-refractivity contribution in [3.8, 4) is 0 Å². The van der Waals surface area contributed by atoms with Crippen molar-refractivity contribution < 1.29 is 9.59 Å². The van der Waals surface area contributed by atoms with Gasteiger partial charge in [0, 0.05) is 50.3 Å². The average molecular weight is 383 g/mol. The summed E-state index contributed by atoms with van der Waals surface area (Å²) < 4.78 is 1.79. The van der Waals surface area contributed by atoms with Crippen LogP contribution in [0.1, 0.15) is 59.6 Å². The summed E-state index contributed by atoms with van der Waals surface area (Å²) in [6, 6.07) is 8.08. The third-order valence-electron chi connectivity index (χ3n) is 5.64. The van der Waals surface area contributed by atoms with Gasteiger partial charge in [-0.1, -0.05) is 43.7 Å². The minimum Gasteiger partial charge on any atom is -0.347 e. The molecule has 0 saturated carbocycles. The highest BCUT2D eigenvalue weighted by Crippen LogP contribution is 2.24. The van der Waals surface area contributed by atoms with Crippen molar-refractivity contribution in [3.05, 3.63) is 52.3 Å². The molecule has 28 heavy (non-hydrogen) atoms. The van der Waals surface area contributed by atoms with Gasteiger partial charge in [0.1, 0.15) is 0 Å². The zero-order valence-electron chi connectivity index (χ0n) is 17.3. The van der Waals surface area contributed by atoms with Gasteiger partial charge in [-0.2, -0.15) is 5.10 Å². The molecular weight excluding hydrogens is 352 g/mol. The van der Waals surface area contributed by atoms with E-state index < -0.39 is 0 Å². The summed E-state index contributed by atoms with van der Waals surface area (Å²) in [6.45, 7) is 7.75. The van der Waals surface area contributed by atoms with E-state index >= 15 is 0 Å². The van der Waals surface area contributed by atoms with E-state index in [0.29, 0.717) is 25.3 Å². The van der Waals surface area contributed by atoms with Crippen molar-refractivity contribution in [3.63, 3.8) is 0 Å². The van der Waals surface area contributed by atoms with Gasteiger partial charge in [-0.3, -0.25) is 14.3 Å². The highest BCUT2D eigenvalue weighted by molar-refractivity contribution is 5.94. The zero-order chi connectivity index (χ0) is 20.3. The maximum absolute atomic E-state index is 12.8. The van der Waals surface area contributed by atoms with Gasteiger partial charge in [-0.05, 0) is 25.3 Å². The van der Waals surface area contributed by atoms with E-state index in [1.165, 1.54) is 0 Å². The first-order valence-electron chi connectivity index (χ1n) is 10.1. The van der Waals surface area contributed by atoms with Gasteiger partial charge < -0.3 is 10.2 Å². The molecule has 1 N–H and O–H groups in total. The number of fused-ring (bicyclic) bond motifs is 1. The molecule has 0 saturated heterocycles. The number of hydrogen-bond acceptors (Lipinski definition) is 3. The van der Waals surface area contributed by atoms with Crippen molar-refractivity contribution in [2.24, 2.45) is 13.0 Å². The molecule has 2 amide bonds. The van der Waals surface area contributed by atoms with Crippen LogP contribution in [0.2, 0.25) is 0 Å². The van der Waals surface area contributed by atoms with Crippen molar-refractivity contribution in [2.75, 3.05) is 6.54 Å². The molecule has 0 bridgehead atoms. The largest absolute Gasteiger partial charge is 0.347 e. The molecule has 150 valence electrons. The highest BCUT2D eigenvalue weighted by atomic mass is 16.2. The maximum Gasteiger partial charge on any atom is 0.272 e. The van der Waals surface area contributed by atoms with Gasteiger partial charge in [0.15, 0.2) is 5.69 Å². The molecule has 0 radical (unpaired) electrons. The average Bonchev–Trinajstić information content (AvgIpc) is 3.03. The number of rotatable bonds is 6. The van der Waals surface area contributed by atoms with Crippen molar-refractivity contribution >= 4 is 11.8 Å². The van der Waals surface area contributed by atoms with Gasteiger partial charge in [0.25, 0.3) is 5.91 Å². The quantitative estimate of drug-likeness (QED) is 0.835. The molecule has 0 atom stereocenters. The Bertz CT molecular complexity index is 867. The second-order valence-electron chi connectivity index (χ2n) is 7.59. The Labute approximate surface area is 166 Å². The van der Waals surface area contributed by atoms with E-state index in [1.54, 1.807) is 4.68 Å². The Balaban J connectivity index is 1.75. The molecule has 1 aliphatic heterocycles. The Morgan fingerprint density at radius 3 is 2.68 bits per heavy atom. The second-order valence-corrected chi connectivity index (χ2v) is 7.59. The van der Waals surface area contributed by atoms with Crippen LogP contribution in [-0.2, 0) is 31.4 Å². The van der Waals surface area contributed by atoms with Gasteiger partial charge >= 0.3 is 0 Å². The number of nitrogens with one attached hydrogen (secondary N) is 1. The monoisotopic (exact) mass is 382 g/mol. The Kier molecular flexibility index (Phi) is 6.17. The van der Waals surface area contributed by atoms with Crippen LogP contribution in [0, 0.1) is 12.8 Å². The zero-order valence-corrected chi connectivity index (χ0v) is 17.3. The van der Waals surface area contributed by atoms with Gasteiger partial charge in [-0.15, -0.1) is 0 Å². The Morgan fingerprint density at radius 1 is 1.25 bits per heavy atom. The molecule has 1 aliphatic rings. The number of carbonyl (C=O) groups excluding carboxylic acids is 2. The molecule has 1 aromatic heterocycles. The third-order valence-corrected chi connectivity index (χ3v) is 5.64. The van der Waals surface area contributed by atoms with Crippen LogP contribution in [0.5, 0.6) is 0 Å². The lowest BCUT2D eigenvalue weighted by molar-refractivity contribution is -0.136. The number of hydrogen-bond donors (Lipinski definition) is 1. The van der Waals surface area contributed by atoms with E-state index in [9.17, 15) is 9.59 Å². The van der Waals surface area contributed by atoms with Crippen molar-refractivity contribution in [1.29, 1.82) is 0 Å². The summed E-state index contributed by atoms with van der Waals surface area (Å²) in [5.74, 6) is 0.0534. The molecule has 0 spiro atoms. The lowest BCUT2D eigenvalue weighted by Crippen LogP contribution is -2.40. The smallest absolute Gasteiger partial charge is 0.272 e. The summed E-state index contributed by atoms with van der Waals surface area (Å²) in [6.07, 6.45) is 2.42. The van der Waals surface area contributed by atoms with Crippen molar-refractivity contribution in [1.82, 2.24) is 20.0 Å². The first-order valence-corrected chi connectivity index (χ1v) is 10.1. The Morgan fingerprint density at radius 2 is 2.00 bits per heavy atom. The highest BCUT2D eigenvalue weighted by Gasteiger charge is 2.31. The second kappa shape index (κ2) is 8.59. The lowest BCUT2D eigenvalue weighted by Gasteiger charge is -2.30. The summed E-state index contributed by atoms with van der Waals surface area (Å²) in [5, 5.41) is 7.44. The van der Waals surface area contributed by atoms with Crippen molar-refractivity contribution in [2.45, 2.75) is 53.1 Å². The topological polar surface area (TPSA) is 67.2 Å². The number of carbonyl (C=O) groups is 2. The lowest BCUT2D eigenvalue weighted by atomic mass is 9.98. The van der Waals surface area contributed by atoms with Crippen LogP contribution in [0.3, 0.4) is 0 Å². The minimum atomic E-state index is -0.185.